The molecule has 15 heavy (non-hydrogen) atoms. The van der Waals surface area contributed by atoms with Gasteiger partial charge in [0.25, 0.3) is 0 Å². The predicted molar refractivity (Wildman–Crippen MR) is 51.9 cm³/mol. The van der Waals surface area contributed by atoms with Crippen LogP contribution in [0.5, 0.6) is 0 Å². The van der Waals surface area contributed by atoms with E-state index in [-0.39, 0.29) is 18.1 Å². The first kappa shape index (κ1) is 9.13. The van der Waals surface area contributed by atoms with Crippen LogP contribution in [0.4, 0.5) is 0 Å². The zero-order valence-electron chi connectivity index (χ0n) is 8.73. The van der Waals surface area contributed by atoms with E-state index in [1.54, 1.807) is 0 Å². The van der Waals surface area contributed by atoms with Crippen LogP contribution in [0.15, 0.2) is 5.10 Å². The molecule has 2 bridgehead atoms. The van der Waals surface area contributed by atoms with E-state index in [1.807, 2.05) is 13.8 Å². The van der Waals surface area contributed by atoms with E-state index in [4.69, 9.17) is 20.6 Å². The number of nitriles is 1. The minimum atomic E-state index is -0.512. The van der Waals surface area contributed by atoms with E-state index in [0.717, 1.165) is 5.71 Å². The summed E-state index contributed by atoms with van der Waals surface area (Å²) in [4.78, 5) is 0. The second-order valence-electron chi connectivity index (χ2n) is 4.89. The molecule has 3 heterocycles. The lowest BCUT2D eigenvalue weighted by Crippen LogP contribution is -2.50. The summed E-state index contributed by atoms with van der Waals surface area (Å²) >= 11 is 0. The second-order valence-corrected chi connectivity index (χ2v) is 4.89. The van der Waals surface area contributed by atoms with Gasteiger partial charge in [-0.2, -0.15) is 10.4 Å². The fraction of sp³-hybridized carbons (Fsp3) is 0.800. The molecule has 3 aliphatic rings. The topological polar surface area (TPSA) is 83.9 Å². The lowest BCUT2D eigenvalue weighted by Gasteiger charge is -2.33. The number of hydrogen-bond acceptors (Lipinski definition) is 5. The molecule has 3 rings (SSSR count). The lowest BCUT2D eigenvalue weighted by atomic mass is 9.87. The molecule has 5 atom stereocenters. The summed E-state index contributed by atoms with van der Waals surface area (Å²) in [6.45, 7) is 3.89. The van der Waals surface area contributed by atoms with Gasteiger partial charge in [-0.05, 0) is 13.8 Å². The highest BCUT2D eigenvalue weighted by molar-refractivity contribution is 6.00. The number of rotatable bonds is 0. The van der Waals surface area contributed by atoms with Crippen molar-refractivity contribution in [1.29, 1.82) is 5.26 Å². The summed E-state index contributed by atoms with van der Waals surface area (Å²) in [6, 6.07) is 2.30. The second kappa shape index (κ2) is 2.34. The summed E-state index contributed by atoms with van der Waals surface area (Å²) in [7, 11) is 0. The largest absolute Gasteiger partial charge is 0.360 e. The monoisotopic (exact) mass is 207 g/mol. The van der Waals surface area contributed by atoms with Crippen molar-refractivity contribution in [1.82, 2.24) is 0 Å². The van der Waals surface area contributed by atoms with Crippen LogP contribution in [0.2, 0.25) is 0 Å². The van der Waals surface area contributed by atoms with Gasteiger partial charge in [-0.25, -0.2) is 0 Å². The first-order valence-corrected chi connectivity index (χ1v) is 5.08. The smallest absolute Gasteiger partial charge is 0.130 e. The van der Waals surface area contributed by atoms with E-state index in [1.165, 1.54) is 0 Å². The van der Waals surface area contributed by atoms with Gasteiger partial charge in [0.1, 0.15) is 29.1 Å². The molecule has 3 fully saturated rings. The van der Waals surface area contributed by atoms with Gasteiger partial charge in [-0.3, -0.25) is 0 Å². The highest BCUT2D eigenvalue weighted by Gasteiger charge is 2.72. The summed E-state index contributed by atoms with van der Waals surface area (Å²) in [5, 5.41) is 12.9. The lowest BCUT2D eigenvalue weighted by molar-refractivity contribution is -0.0762. The number of nitrogens with zero attached hydrogens (tertiary/aromatic N) is 2. The molecular weight excluding hydrogens is 194 g/mol. The van der Waals surface area contributed by atoms with Crippen LogP contribution in [0.25, 0.3) is 0 Å². The summed E-state index contributed by atoms with van der Waals surface area (Å²) in [6.07, 6.45) is 0.587. The van der Waals surface area contributed by atoms with Gasteiger partial charge in [0.2, 0.25) is 0 Å². The molecule has 0 spiro atoms. The van der Waals surface area contributed by atoms with Crippen LogP contribution >= 0.6 is 0 Å². The van der Waals surface area contributed by atoms with E-state index in [9.17, 15) is 0 Å². The van der Waals surface area contributed by atoms with Gasteiger partial charge in [0, 0.05) is 6.42 Å². The van der Waals surface area contributed by atoms with Gasteiger partial charge in [0.15, 0.2) is 0 Å². The van der Waals surface area contributed by atoms with Crippen LogP contribution < -0.4 is 5.84 Å². The molecule has 80 valence electrons. The van der Waals surface area contributed by atoms with Gasteiger partial charge in [-0.15, -0.1) is 0 Å². The Balaban J connectivity index is 2.09. The summed E-state index contributed by atoms with van der Waals surface area (Å²) < 4.78 is 11.5. The zero-order valence-corrected chi connectivity index (χ0v) is 8.73. The van der Waals surface area contributed by atoms with E-state index >= 15 is 0 Å². The minimum absolute atomic E-state index is 0.0305. The van der Waals surface area contributed by atoms with Crippen molar-refractivity contribution in [3.63, 3.8) is 0 Å². The van der Waals surface area contributed by atoms with Crippen molar-refractivity contribution in [2.75, 3.05) is 0 Å². The molecule has 0 aromatic rings. The molecule has 0 saturated carbocycles. The van der Waals surface area contributed by atoms with Gasteiger partial charge in [0.05, 0.1) is 12.0 Å². The molecule has 3 aliphatic heterocycles. The third-order valence-electron chi connectivity index (χ3n) is 3.89. The highest BCUT2D eigenvalue weighted by atomic mass is 16.6. The Bertz CT molecular complexity index is 402. The van der Waals surface area contributed by atoms with E-state index in [0.29, 0.717) is 6.42 Å². The molecule has 0 aromatic heterocycles. The third-order valence-corrected chi connectivity index (χ3v) is 3.89. The Morgan fingerprint density at radius 3 is 2.93 bits per heavy atom. The number of hydrogen-bond donors (Lipinski definition) is 1. The molecule has 5 nitrogen and oxygen atoms in total. The maximum absolute atomic E-state index is 9.13. The molecule has 0 aromatic carbocycles. The molecule has 5 heteroatoms. The maximum atomic E-state index is 9.13. The van der Waals surface area contributed by atoms with Crippen LogP contribution in [0, 0.1) is 17.2 Å². The highest BCUT2D eigenvalue weighted by Crippen LogP contribution is 2.57. The van der Waals surface area contributed by atoms with Gasteiger partial charge >= 0.3 is 0 Å². The van der Waals surface area contributed by atoms with Crippen LogP contribution in [0.3, 0.4) is 0 Å². The van der Waals surface area contributed by atoms with Crippen molar-refractivity contribution in [3.8, 4) is 6.07 Å². The Hall–Kier alpha value is -1.12. The normalized spacial score (nSPS) is 58.7. The molecule has 3 saturated heterocycles. The number of fused-ring (bicyclic) bond motifs is 4. The minimum Gasteiger partial charge on any atom is -0.360 e. The first-order chi connectivity index (χ1) is 7.05. The molecule has 0 radical (unpaired) electrons. The summed E-state index contributed by atoms with van der Waals surface area (Å²) in [5.74, 6) is 5.22. The summed E-state index contributed by atoms with van der Waals surface area (Å²) in [5.41, 5.74) is -0.244. The van der Waals surface area contributed by atoms with Crippen molar-refractivity contribution in [2.45, 2.75) is 43.7 Å². The quantitative estimate of drug-likeness (QED) is 0.348. The number of hydrazone groups is 1. The van der Waals surface area contributed by atoms with E-state index in [2.05, 4.69) is 11.2 Å². The Morgan fingerprint density at radius 1 is 1.60 bits per heavy atom. The fourth-order valence-electron chi connectivity index (χ4n) is 3.04. The Morgan fingerprint density at radius 2 is 2.33 bits per heavy atom. The maximum Gasteiger partial charge on any atom is 0.130 e. The molecule has 0 aliphatic carbocycles. The van der Waals surface area contributed by atoms with Crippen molar-refractivity contribution in [3.05, 3.63) is 0 Å². The number of epoxide rings is 1. The molecule has 2 N–H and O–H groups in total. The van der Waals surface area contributed by atoms with Crippen molar-refractivity contribution in [2.24, 2.45) is 16.9 Å². The van der Waals surface area contributed by atoms with Crippen LogP contribution in [-0.4, -0.2) is 29.1 Å². The van der Waals surface area contributed by atoms with Gasteiger partial charge < -0.3 is 15.3 Å². The van der Waals surface area contributed by atoms with Crippen molar-refractivity contribution >= 4 is 5.71 Å². The predicted octanol–water partition coefficient (Wildman–Crippen LogP) is 0.160. The Labute approximate surface area is 87.8 Å². The van der Waals surface area contributed by atoms with Crippen LogP contribution in [0.1, 0.15) is 20.3 Å². The van der Waals surface area contributed by atoms with Gasteiger partial charge in [-0.1, -0.05) is 0 Å². The van der Waals surface area contributed by atoms with Crippen LogP contribution in [-0.2, 0) is 9.47 Å². The molecule has 1 unspecified atom stereocenters. The number of ether oxygens (including phenoxy) is 2. The Kier molecular flexibility index (Phi) is 1.42. The average molecular weight is 207 g/mol. The fourth-order valence-corrected chi connectivity index (χ4v) is 3.04. The molecular formula is C10H13N3O2. The van der Waals surface area contributed by atoms with E-state index < -0.39 is 11.2 Å². The first-order valence-electron chi connectivity index (χ1n) is 5.08. The standard InChI is InChI=1S/C10H13N3O2/c1-9-3-5(4-11)10(2,15-9)8-6(14-8)7(9)13-12/h5-6,8H,3,12H2,1-2H3/b13-7-/t5?,6-,8-,9-,10+/m0/s1. The van der Waals surface area contributed by atoms with Crippen molar-refractivity contribution < 1.29 is 9.47 Å². The average Bonchev–Trinajstić information content (AvgIpc) is 2.90. The SMILES string of the molecule is C[C@@]12CC(C#N)[C@@](C)(O1)[C@H]1O[C@H]1/C2=N/N. The third kappa shape index (κ3) is 0.869. The molecule has 0 amide bonds. The number of nitrogens with two attached hydrogens (primary N) is 1. The zero-order chi connectivity index (χ0) is 10.8.